The van der Waals surface area contributed by atoms with Gasteiger partial charge in [0.25, 0.3) is 0 Å². The summed E-state index contributed by atoms with van der Waals surface area (Å²) in [6.07, 6.45) is 0.443. The van der Waals surface area contributed by atoms with E-state index < -0.39 is 17.8 Å². The fourth-order valence-electron chi connectivity index (χ4n) is 2.02. The first-order chi connectivity index (χ1) is 8.65. The van der Waals surface area contributed by atoms with Crippen LogP contribution in [0, 0.1) is 5.82 Å². The molecule has 0 aliphatic carbocycles. The van der Waals surface area contributed by atoms with Crippen molar-refractivity contribution in [1.29, 1.82) is 0 Å². The van der Waals surface area contributed by atoms with Crippen LogP contribution < -0.4 is 10.6 Å². The standard InChI is InChI=1S/C12H13FN2O3/c13-9-2-1-3-10(8(9)6-16)15-4-5-18-7-11(15)12(14)17/h1-3,6,11H,4-5,7H2,(H2,14,17). The van der Waals surface area contributed by atoms with Crippen molar-refractivity contribution < 1.29 is 18.7 Å². The third-order valence-electron chi connectivity index (χ3n) is 2.91. The van der Waals surface area contributed by atoms with Gasteiger partial charge in [-0.3, -0.25) is 9.59 Å². The lowest BCUT2D eigenvalue weighted by Crippen LogP contribution is -2.53. The molecule has 0 saturated carbocycles. The lowest BCUT2D eigenvalue weighted by molar-refractivity contribution is -0.121. The van der Waals surface area contributed by atoms with Gasteiger partial charge in [-0.05, 0) is 12.1 Å². The molecule has 0 bridgehead atoms. The van der Waals surface area contributed by atoms with Crippen LogP contribution in [0.2, 0.25) is 0 Å². The number of primary amides is 1. The number of nitrogens with zero attached hydrogens (tertiary/aromatic N) is 1. The molecule has 6 heteroatoms. The van der Waals surface area contributed by atoms with E-state index in [1.165, 1.54) is 12.1 Å². The predicted molar refractivity (Wildman–Crippen MR) is 62.9 cm³/mol. The molecule has 1 aromatic carbocycles. The molecule has 2 N–H and O–H groups in total. The SMILES string of the molecule is NC(=O)C1COCCN1c1cccc(F)c1C=O. The second-order valence-electron chi connectivity index (χ2n) is 3.98. The maximum absolute atomic E-state index is 13.5. The van der Waals surface area contributed by atoms with Crippen LogP contribution in [-0.4, -0.2) is 38.0 Å². The highest BCUT2D eigenvalue weighted by molar-refractivity contribution is 5.89. The van der Waals surface area contributed by atoms with E-state index >= 15 is 0 Å². The maximum Gasteiger partial charge on any atom is 0.242 e. The molecule has 1 heterocycles. The summed E-state index contributed by atoms with van der Waals surface area (Å²) in [6.45, 7) is 0.931. The van der Waals surface area contributed by atoms with E-state index in [0.29, 0.717) is 25.1 Å². The van der Waals surface area contributed by atoms with Crippen LogP contribution in [0.1, 0.15) is 10.4 Å². The Balaban J connectivity index is 2.42. The zero-order valence-corrected chi connectivity index (χ0v) is 9.64. The number of aldehydes is 1. The number of morpholine rings is 1. The number of carbonyl (C=O) groups excluding carboxylic acids is 2. The van der Waals surface area contributed by atoms with E-state index in [9.17, 15) is 14.0 Å². The summed E-state index contributed by atoms with van der Waals surface area (Å²) in [6, 6.07) is 3.60. The number of amides is 1. The molecule has 18 heavy (non-hydrogen) atoms. The van der Waals surface area contributed by atoms with Crippen molar-refractivity contribution in [2.75, 3.05) is 24.7 Å². The van der Waals surface area contributed by atoms with Gasteiger partial charge in [0.15, 0.2) is 6.29 Å². The number of rotatable bonds is 3. The number of anilines is 1. The van der Waals surface area contributed by atoms with E-state index in [0.717, 1.165) is 0 Å². The van der Waals surface area contributed by atoms with Crippen LogP contribution in [-0.2, 0) is 9.53 Å². The predicted octanol–water partition coefficient (Wildman–Crippen LogP) is 0.329. The molecule has 1 fully saturated rings. The minimum absolute atomic E-state index is 0.0642. The average molecular weight is 252 g/mol. The molecule has 1 saturated heterocycles. The van der Waals surface area contributed by atoms with Crippen molar-refractivity contribution in [3.05, 3.63) is 29.6 Å². The first-order valence-electron chi connectivity index (χ1n) is 5.52. The summed E-state index contributed by atoms with van der Waals surface area (Å²) in [5.74, 6) is -1.17. The van der Waals surface area contributed by atoms with Crippen molar-refractivity contribution in [3.8, 4) is 0 Å². The molecule has 96 valence electrons. The third-order valence-corrected chi connectivity index (χ3v) is 2.91. The summed E-state index contributed by atoms with van der Waals surface area (Å²) >= 11 is 0. The van der Waals surface area contributed by atoms with E-state index in [2.05, 4.69) is 0 Å². The Labute approximate surface area is 103 Å². The largest absolute Gasteiger partial charge is 0.377 e. The van der Waals surface area contributed by atoms with Crippen LogP contribution in [0.3, 0.4) is 0 Å². The molecule has 1 aromatic rings. The Morgan fingerprint density at radius 2 is 2.33 bits per heavy atom. The Bertz CT molecular complexity index is 478. The Hall–Kier alpha value is -1.95. The summed E-state index contributed by atoms with van der Waals surface area (Å²) in [5, 5.41) is 0. The lowest BCUT2D eigenvalue weighted by atomic mass is 10.1. The molecular formula is C12H13FN2O3. The fraction of sp³-hybridized carbons (Fsp3) is 0.333. The van der Waals surface area contributed by atoms with Gasteiger partial charge in [-0.1, -0.05) is 6.07 Å². The van der Waals surface area contributed by atoms with Gasteiger partial charge in [0.1, 0.15) is 11.9 Å². The van der Waals surface area contributed by atoms with E-state index in [-0.39, 0.29) is 12.2 Å². The van der Waals surface area contributed by atoms with Crippen molar-refractivity contribution in [2.24, 2.45) is 5.73 Å². The number of ether oxygens (including phenoxy) is 1. The molecule has 1 unspecified atom stereocenters. The first kappa shape index (κ1) is 12.5. The van der Waals surface area contributed by atoms with E-state index in [4.69, 9.17) is 10.5 Å². The quantitative estimate of drug-likeness (QED) is 0.787. The minimum Gasteiger partial charge on any atom is -0.377 e. The van der Waals surface area contributed by atoms with Crippen LogP contribution in [0.4, 0.5) is 10.1 Å². The summed E-state index contributed by atoms with van der Waals surface area (Å²) < 4.78 is 18.7. The first-order valence-corrected chi connectivity index (χ1v) is 5.52. The van der Waals surface area contributed by atoms with Gasteiger partial charge in [-0.15, -0.1) is 0 Å². The van der Waals surface area contributed by atoms with Gasteiger partial charge >= 0.3 is 0 Å². The Morgan fingerprint density at radius 3 is 3.00 bits per heavy atom. The fourth-order valence-corrected chi connectivity index (χ4v) is 2.02. The monoisotopic (exact) mass is 252 g/mol. The van der Waals surface area contributed by atoms with Gasteiger partial charge in [0.05, 0.1) is 24.5 Å². The molecule has 0 radical (unpaired) electrons. The number of hydrogen-bond acceptors (Lipinski definition) is 4. The average Bonchev–Trinajstić information content (AvgIpc) is 2.38. The highest BCUT2D eigenvalue weighted by Gasteiger charge is 2.29. The van der Waals surface area contributed by atoms with Crippen LogP contribution in [0.5, 0.6) is 0 Å². The van der Waals surface area contributed by atoms with E-state index in [1.54, 1.807) is 11.0 Å². The third kappa shape index (κ3) is 2.19. The zero-order chi connectivity index (χ0) is 13.1. The molecule has 0 spiro atoms. The summed E-state index contributed by atoms with van der Waals surface area (Å²) in [7, 11) is 0. The smallest absolute Gasteiger partial charge is 0.242 e. The van der Waals surface area contributed by atoms with Crippen molar-refractivity contribution in [2.45, 2.75) is 6.04 Å². The van der Waals surface area contributed by atoms with Crippen LogP contribution in [0.25, 0.3) is 0 Å². The second kappa shape index (κ2) is 5.14. The lowest BCUT2D eigenvalue weighted by Gasteiger charge is -2.36. The molecule has 2 rings (SSSR count). The van der Waals surface area contributed by atoms with E-state index in [1.807, 2.05) is 0 Å². The van der Waals surface area contributed by atoms with Crippen molar-refractivity contribution in [1.82, 2.24) is 0 Å². The highest BCUT2D eigenvalue weighted by Crippen LogP contribution is 2.25. The normalized spacial score (nSPS) is 19.6. The number of halogens is 1. The molecule has 1 aliphatic rings. The van der Waals surface area contributed by atoms with Gasteiger partial charge in [0.2, 0.25) is 5.91 Å². The molecule has 0 aromatic heterocycles. The topological polar surface area (TPSA) is 72.6 Å². The van der Waals surface area contributed by atoms with Crippen LogP contribution in [0.15, 0.2) is 18.2 Å². The molecule has 1 atom stereocenters. The van der Waals surface area contributed by atoms with Crippen molar-refractivity contribution in [3.63, 3.8) is 0 Å². The van der Waals surface area contributed by atoms with Gasteiger partial charge < -0.3 is 15.4 Å². The molecule has 1 amide bonds. The van der Waals surface area contributed by atoms with Gasteiger partial charge in [-0.2, -0.15) is 0 Å². The summed E-state index contributed by atoms with van der Waals surface area (Å²) in [5.41, 5.74) is 5.59. The van der Waals surface area contributed by atoms with Crippen LogP contribution >= 0.6 is 0 Å². The number of benzene rings is 1. The highest BCUT2D eigenvalue weighted by atomic mass is 19.1. The Kier molecular flexibility index (Phi) is 3.57. The molecule has 5 nitrogen and oxygen atoms in total. The van der Waals surface area contributed by atoms with Gasteiger partial charge in [0, 0.05) is 6.54 Å². The number of hydrogen-bond donors (Lipinski definition) is 1. The number of nitrogens with two attached hydrogens (primary N) is 1. The minimum atomic E-state index is -0.681. The number of carbonyl (C=O) groups is 2. The Morgan fingerprint density at radius 1 is 1.56 bits per heavy atom. The maximum atomic E-state index is 13.5. The summed E-state index contributed by atoms with van der Waals surface area (Å²) in [4.78, 5) is 23.9. The zero-order valence-electron chi connectivity index (χ0n) is 9.64. The molecular weight excluding hydrogens is 239 g/mol. The van der Waals surface area contributed by atoms with Crippen molar-refractivity contribution >= 4 is 17.9 Å². The van der Waals surface area contributed by atoms with Gasteiger partial charge in [-0.25, -0.2) is 4.39 Å². The second-order valence-corrected chi connectivity index (χ2v) is 3.98. The molecule has 1 aliphatic heterocycles.